The van der Waals surface area contributed by atoms with Gasteiger partial charge in [-0.15, -0.1) is 0 Å². The second kappa shape index (κ2) is 7.92. The molecule has 1 fully saturated rings. The van der Waals surface area contributed by atoms with Crippen molar-refractivity contribution in [2.75, 3.05) is 32.8 Å². The Morgan fingerprint density at radius 3 is 2.80 bits per heavy atom. The van der Waals surface area contributed by atoms with Crippen molar-refractivity contribution >= 4 is 16.2 Å². The van der Waals surface area contributed by atoms with Gasteiger partial charge >= 0.3 is 5.97 Å². The average molecular weight is 308 g/mol. The summed E-state index contributed by atoms with van der Waals surface area (Å²) < 4.78 is 33.0. The Morgan fingerprint density at radius 2 is 2.20 bits per heavy atom. The lowest BCUT2D eigenvalue weighted by Crippen LogP contribution is -2.48. The maximum Gasteiger partial charge on any atom is 0.307 e. The first-order valence-electron chi connectivity index (χ1n) is 6.88. The van der Waals surface area contributed by atoms with E-state index in [4.69, 9.17) is 9.84 Å². The Hall–Kier alpha value is -0.700. The van der Waals surface area contributed by atoms with Gasteiger partial charge < -0.3 is 9.84 Å². The molecule has 0 amide bonds. The highest BCUT2D eigenvalue weighted by Gasteiger charge is 2.31. The van der Waals surface area contributed by atoms with Crippen molar-refractivity contribution in [3.05, 3.63) is 0 Å². The molecule has 0 radical (unpaired) electrons. The second-order valence-corrected chi connectivity index (χ2v) is 7.16. The van der Waals surface area contributed by atoms with E-state index >= 15 is 0 Å². The van der Waals surface area contributed by atoms with Gasteiger partial charge in [-0.3, -0.25) is 4.79 Å². The first-order valence-corrected chi connectivity index (χ1v) is 8.32. The van der Waals surface area contributed by atoms with Crippen molar-refractivity contribution in [2.24, 2.45) is 11.8 Å². The molecule has 2 N–H and O–H groups in total. The number of aliphatic carboxylic acids is 1. The van der Waals surface area contributed by atoms with E-state index in [0.717, 1.165) is 0 Å². The van der Waals surface area contributed by atoms with Crippen LogP contribution in [-0.2, 0) is 19.7 Å². The fourth-order valence-electron chi connectivity index (χ4n) is 2.02. The van der Waals surface area contributed by atoms with E-state index in [-0.39, 0.29) is 13.1 Å². The fourth-order valence-corrected chi connectivity index (χ4v) is 3.28. The van der Waals surface area contributed by atoms with Gasteiger partial charge in [-0.1, -0.05) is 13.8 Å². The van der Waals surface area contributed by atoms with Crippen LogP contribution in [0.25, 0.3) is 0 Å². The molecule has 0 aromatic heterocycles. The molecule has 1 aliphatic rings. The average Bonchev–Trinajstić information content (AvgIpc) is 2.38. The second-order valence-electron chi connectivity index (χ2n) is 5.40. The summed E-state index contributed by atoms with van der Waals surface area (Å²) in [5.74, 6) is -1.15. The molecular weight excluding hydrogens is 284 g/mol. The minimum atomic E-state index is -3.61. The van der Waals surface area contributed by atoms with Crippen LogP contribution in [0.15, 0.2) is 0 Å². The predicted molar refractivity (Wildman–Crippen MR) is 74.5 cm³/mol. The molecule has 118 valence electrons. The van der Waals surface area contributed by atoms with Crippen molar-refractivity contribution in [2.45, 2.75) is 26.7 Å². The highest BCUT2D eigenvalue weighted by molar-refractivity contribution is 7.87. The van der Waals surface area contributed by atoms with Crippen LogP contribution in [0.3, 0.4) is 0 Å². The molecule has 20 heavy (non-hydrogen) atoms. The summed E-state index contributed by atoms with van der Waals surface area (Å²) >= 11 is 0. The summed E-state index contributed by atoms with van der Waals surface area (Å²) in [4.78, 5) is 10.9. The van der Waals surface area contributed by atoms with Gasteiger partial charge in [-0.05, 0) is 18.8 Å². The van der Waals surface area contributed by atoms with Gasteiger partial charge in [0.2, 0.25) is 0 Å². The molecule has 1 aliphatic heterocycles. The number of hydrogen-bond donors (Lipinski definition) is 2. The molecule has 0 spiro atoms. The van der Waals surface area contributed by atoms with E-state index in [1.165, 1.54) is 4.31 Å². The molecule has 0 bridgehead atoms. The van der Waals surface area contributed by atoms with Crippen molar-refractivity contribution in [1.29, 1.82) is 0 Å². The van der Waals surface area contributed by atoms with Crippen molar-refractivity contribution in [3.8, 4) is 0 Å². The van der Waals surface area contributed by atoms with Crippen LogP contribution >= 0.6 is 0 Å². The van der Waals surface area contributed by atoms with E-state index in [1.807, 2.05) is 13.8 Å². The van der Waals surface area contributed by atoms with Crippen molar-refractivity contribution in [1.82, 2.24) is 9.03 Å². The zero-order valence-corrected chi connectivity index (χ0v) is 12.9. The van der Waals surface area contributed by atoms with Gasteiger partial charge in [-0.2, -0.15) is 17.4 Å². The predicted octanol–water partition coefficient (Wildman–Crippen LogP) is 0.290. The molecule has 1 atom stereocenters. The minimum Gasteiger partial charge on any atom is -0.481 e. The zero-order chi connectivity index (χ0) is 15.2. The Morgan fingerprint density at radius 1 is 1.50 bits per heavy atom. The van der Waals surface area contributed by atoms with E-state index < -0.39 is 22.1 Å². The molecule has 0 aliphatic carbocycles. The molecule has 0 aromatic carbocycles. The summed E-state index contributed by atoms with van der Waals surface area (Å²) in [6.45, 7) is 5.54. The zero-order valence-electron chi connectivity index (χ0n) is 12.0. The number of rotatable bonds is 8. The molecule has 1 heterocycles. The Bertz CT molecular complexity index is 410. The van der Waals surface area contributed by atoms with Gasteiger partial charge in [0.25, 0.3) is 10.2 Å². The topological polar surface area (TPSA) is 95.9 Å². The lowest BCUT2D eigenvalue weighted by molar-refractivity contribution is -0.142. The van der Waals surface area contributed by atoms with Crippen LogP contribution in [0, 0.1) is 11.8 Å². The van der Waals surface area contributed by atoms with Gasteiger partial charge in [0.15, 0.2) is 0 Å². The van der Waals surface area contributed by atoms with Crippen LogP contribution in [-0.4, -0.2) is 56.6 Å². The third kappa shape index (κ3) is 5.74. The number of hydrogen-bond acceptors (Lipinski definition) is 4. The van der Waals surface area contributed by atoms with Crippen molar-refractivity contribution < 1.29 is 23.1 Å². The summed E-state index contributed by atoms with van der Waals surface area (Å²) in [5.41, 5.74) is 0. The molecule has 7 nitrogen and oxygen atoms in total. The van der Waals surface area contributed by atoms with E-state index in [0.29, 0.717) is 38.5 Å². The number of carboxylic acid groups (broad SMARTS) is 1. The number of nitrogens with zero attached hydrogens (tertiary/aromatic N) is 1. The van der Waals surface area contributed by atoms with Gasteiger partial charge in [-0.25, -0.2) is 0 Å². The normalized spacial score (nSPS) is 21.2. The number of carboxylic acids is 1. The number of piperidine rings is 1. The third-order valence-corrected chi connectivity index (χ3v) is 4.64. The standard InChI is InChI=1S/C12H24N2O5S/c1-10(2)9-19-7-5-13-20(17,18)14-6-3-4-11(8-14)12(15)16/h10-11,13H,3-9H2,1-2H3,(H,15,16). The lowest BCUT2D eigenvalue weighted by atomic mass is 10.0. The lowest BCUT2D eigenvalue weighted by Gasteiger charge is -2.29. The molecule has 0 saturated carbocycles. The quantitative estimate of drug-likeness (QED) is 0.628. The van der Waals surface area contributed by atoms with Crippen LogP contribution < -0.4 is 4.72 Å². The summed E-state index contributed by atoms with van der Waals surface area (Å²) in [6.07, 6.45) is 1.10. The maximum absolute atomic E-state index is 12.0. The van der Waals surface area contributed by atoms with Crippen LogP contribution in [0.5, 0.6) is 0 Å². The number of carbonyl (C=O) groups is 1. The van der Waals surface area contributed by atoms with E-state index in [9.17, 15) is 13.2 Å². The van der Waals surface area contributed by atoms with Crippen LogP contribution in [0.1, 0.15) is 26.7 Å². The molecule has 1 unspecified atom stereocenters. The SMILES string of the molecule is CC(C)COCCNS(=O)(=O)N1CCCC(C(=O)O)C1. The molecule has 1 saturated heterocycles. The molecule has 8 heteroatoms. The summed E-state index contributed by atoms with van der Waals surface area (Å²) in [7, 11) is -3.61. The fraction of sp³-hybridized carbons (Fsp3) is 0.917. The van der Waals surface area contributed by atoms with Crippen molar-refractivity contribution in [3.63, 3.8) is 0 Å². The van der Waals surface area contributed by atoms with Gasteiger partial charge in [0, 0.05) is 26.2 Å². The van der Waals surface area contributed by atoms with Crippen LogP contribution in [0.4, 0.5) is 0 Å². The van der Waals surface area contributed by atoms with Gasteiger partial charge in [0.1, 0.15) is 0 Å². The summed E-state index contributed by atoms with van der Waals surface area (Å²) in [5, 5.41) is 8.96. The monoisotopic (exact) mass is 308 g/mol. The maximum atomic E-state index is 12.0. The molecule has 0 aromatic rings. The number of ether oxygens (including phenoxy) is 1. The summed E-state index contributed by atoms with van der Waals surface area (Å²) in [6, 6.07) is 0. The Balaban J connectivity index is 2.38. The molecule has 1 rings (SSSR count). The highest BCUT2D eigenvalue weighted by Crippen LogP contribution is 2.18. The Kier molecular flexibility index (Phi) is 6.87. The number of nitrogens with one attached hydrogen (secondary N) is 1. The smallest absolute Gasteiger partial charge is 0.307 e. The van der Waals surface area contributed by atoms with Gasteiger partial charge in [0.05, 0.1) is 12.5 Å². The Labute approximate surface area is 120 Å². The highest BCUT2D eigenvalue weighted by atomic mass is 32.2. The van der Waals surface area contributed by atoms with E-state index in [1.54, 1.807) is 0 Å². The third-order valence-electron chi connectivity index (χ3n) is 3.06. The largest absolute Gasteiger partial charge is 0.481 e. The first kappa shape index (κ1) is 17.4. The van der Waals surface area contributed by atoms with Crippen LogP contribution in [0.2, 0.25) is 0 Å². The first-order chi connectivity index (χ1) is 9.33. The molecular formula is C12H24N2O5S. The minimum absolute atomic E-state index is 0.0392. The van der Waals surface area contributed by atoms with E-state index in [2.05, 4.69) is 4.72 Å².